The average Bonchev–Trinajstić information content (AvgIpc) is 2.35. The van der Waals surface area contributed by atoms with Crippen molar-refractivity contribution in [1.82, 2.24) is 0 Å². The lowest BCUT2D eigenvalue weighted by molar-refractivity contribution is -0.120. The Bertz CT molecular complexity index is 411. The fourth-order valence-corrected chi connectivity index (χ4v) is 3.17. The first-order valence-electron chi connectivity index (χ1n) is 6.12. The molecule has 0 saturated carbocycles. The highest BCUT2D eigenvalue weighted by Gasteiger charge is 2.21. The zero-order valence-electron chi connectivity index (χ0n) is 10.5. The third-order valence-corrected chi connectivity index (χ3v) is 4.29. The summed E-state index contributed by atoms with van der Waals surface area (Å²) >= 11 is 1.95. The van der Waals surface area contributed by atoms with Crippen LogP contribution in [0.25, 0.3) is 0 Å². The van der Waals surface area contributed by atoms with Gasteiger partial charge in [0.25, 0.3) is 0 Å². The Morgan fingerprint density at radius 2 is 2.00 bits per heavy atom. The summed E-state index contributed by atoms with van der Waals surface area (Å²) in [5, 5.41) is 3.07. The number of benzene rings is 1. The van der Waals surface area contributed by atoms with Crippen LogP contribution in [0.15, 0.2) is 18.2 Å². The summed E-state index contributed by atoms with van der Waals surface area (Å²) in [7, 11) is 0. The van der Waals surface area contributed by atoms with Gasteiger partial charge in [-0.05, 0) is 55.4 Å². The molecule has 1 amide bonds. The van der Waals surface area contributed by atoms with Gasteiger partial charge in [-0.25, -0.2) is 0 Å². The molecule has 1 heterocycles. The third kappa shape index (κ3) is 3.25. The minimum Gasteiger partial charge on any atom is -0.326 e. The second-order valence-electron chi connectivity index (χ2n) is 4.69. The first kappa shape index (κ1) is 12.5. The predicted octanol–water partition coefficient (Wildman–Crippen LogP) is 3.39. The van der Waals surface area contributed by atoms with Gasteiger partial charge in [-0.1, -0.05) is 12.1 Å². The summed E-state index contributed by atoms with van der Waals surface area (Å²) in [6.07, 6.45) is 2.03. The molecule has 1 aromatic carbocycles. The molecule has 1 aliphatic heterocycles. The number of aryl methyl sites for hydroxylation is 2. The Hall–Kier alpha value is -0.960. The fourth-order valence-electron chi connectivity index (χ4n) is 2.07. The van der Waals surface area contributed by atoms with Crippen LogP contribution in [0.5, 0.6) is 0 Å². The van der Waals surface area contributed by atoms with Gasteiger partial charge in [0.05, 0.1) is 0 Å². The third-order valence-electron chi connectivity index (χ3n) is 3.24. The lowest BCUT2D eigenvalue weighted by Gasteiger charge is -2.21. The molecular formula is C14H19NOS. The SMILES string of the molecule is Cc1ccc(C)c(NC(=O)C2CCSCC2)c1. The minimum absolute atomic E-state index is 0.194. The van der Waals surface area contributed by atoms with Gasteiger partial charge in [0.15, 0.2) is 0 Å². The normalized spacial score (nSPS) is 16.8. The largest absolute Gasteiger partial charge is 0.326 e. The van der Waals surface area contributed by atoms with Crippen molar-refractivity contribution in [2.45, 2.75) is 26.7 Å². The van der Waals surface area contributed by atoms with Gasteiger partial charge >= 0.3 is 0 Å². The van der Waals surface area contributed by atoms with Crippen LogP contribution >= 0.6 is 11.8 Å². The van der Waals surface area contributed by atoms with E-state index in [1.807, 2.05) is 31.7 Å². The molecule has 0 atom stereocenters. The molecule has 1 aliphatic rings. The van der Waals surface area contributed by atoms with Crippen molar-refractivity contribution in [3.8, 4) is 0 Å². The topological polar surface area (TPSA) is 29.1 Å². The van der Waals surface area contributed by atoms with Crippen LogP contribution in [-0.2, 0) is 4.79 Å². The molecule has 17 heavy (non-hydrogen) atoms. The second kappa shape index (κ2) is 5.58. The number of carbonyl (C=O) groups excluding carboxylic acids is 1. The van der Waals surface area contributed by atoms with E-state index < -0.39 is 0 Å². The number of amides is 1. The molecular weight excluding hydrogens is 230 g/mol. The smallest absolute Gasteiger partial charge is 0.227 e. The Labute approximate surface area is 107 Å². The summed E-state index contributed by atoms with van der Waals surface area (Å²) in [6.45, 7) is 4.08. The summed E-state index contributed by atoms with van der Waals surface area (Å²) in [6, 6.07) is 6.18. The lowest BCUT2D eigenvalue weighted by atomic mass is 10.0. The molecule has 3 heteroatoms. The van der Waals surface area contributed by atoms with Crippen LogP contribution in [0.3, 0.4) is 0 Å². The first-order valence-corrected chi connectivity index (χ1v) is 7.28. The predicted molar refractivity (Wildman–Crippen MR) is 74.6 cm³/mol. The van der Waals surface area contributed by atoms with Crippen LogP contribution in [0.2, 0.25) is 0 Å². The van der Waals surface area contributed by atoms with Crippen molar-refractivity contribution < 1.29 is 4.79 Å². The number of hydrogen-bond donors (Lipinski definition) is 1. The summed E-state index contributed by atoms with van der Waals surface area (Å²) < 4.78 is 0. The van der Waals surface area contributed by atoms with Gasteiger partial charge in [0.1, 0.15) is 0 Å². The van der Waals surface area contributed by atoms with Crippen LogP contribution in [0.1, 0.15) is 24.0 Å². The maximum absolute atomic E-state index is 12.1. The molecule has 1 fully saturated rings. The van der Waals surface area contributed by atoms with E-state index in [9.17, 15) is 4.79 Å². The Kier molecular flexibility index (Phi) is 4.11. The molecule has 1 aromatic rings. The highest BCUT2D eigenvalue weighted by molar-refractivity contribution is 7.99. The van der Waals surface area contributed by atoms with Gasteiger partial charge in [-0.15, -0.1) is 0 Å². The molecule has 0 spiro atoms. The molecule has 2 rings (SSSR count). The van der Waals surface area contributed by atoms with Crippen molar-refractivity contribution in [3.05, 3.63) is 29.3 Å². The summed E-state index contributed by atoms with van der Waals surface area (Å²) in [4.78, 5) is 12.1. The van der Waals surface area contributed by atoms with E-state index >= 15 is 0 Å². The van der Waals surface area contributed by atoms with E-state index in [0.29, 0.717) is 0 Å². The number of rotatable bonds is 2. The van der Waals surface area contributed by atoms with Gasteiger partial charge < -0.3 is 5.32 Å². The zero-order valence-corrected chi connectivity index (χ0v) is 11.3. The highest BCUT2D eigenvalue weighted by atomic mass is 32.2. The van der Waals surface area contributed by atoms with Crippen molar-refractivity contribution in [2.24, 2.45) is 5.92 Å². The Morgan fingerprint density at radius 1 is 1.29 bits per heavy atom. The molecule has 0 bridgehead atoms. The maximum atomic E-state index is 12.1. The van der Waals surface area contributed by atoms with Crippen molar-refractivity contribution >= 4 is 23.4 Å². The average molecular weight is 249 g/mol. The van der Waals surface area contributed by atoms with E-state index in [-0.39, 0.29) is 11.8 Å². The van der Waals surface area contributed by atoms with Gasteiger partial charge in [0.2, 0.25) is 5.91 Å². The van der Waals surface area contributed by atoms with Crippen LogP contribution < -0.4 is 5.32 Å². The second-order valence-corrected chi connectivity index (χ2v) is 5.92. The van der Waals surface area contributed by atoms with E-state index in [4.69, 9.17) is 0 Å². The number of anilines is 1. The first-order chi connectivity index (χ1) is 8.16. The molecule has 2 nitrogen and oxygen atoms in total. The Morgan fingerprint density at radius 3 is 2.71 bits per heavy atom. The number of nitrogens with one attached hydrogen (secondary N) is 1. The maximum Gasteiger partial charge on any atom is 0.227 e. The van der Waals surface area contributed by atoms with Gasteiger partial charge in [-0.2, -0.15) is 11.8 Å². The molecule has 0 unspecified atom stereocenters. The lowest BCUT2D eigenvalue weighted by Crippen LogP contribution is -2.26. The minimum atomic E-state index is 0.194. The van der Waals surface area contributed by atoms with Crippen LogP contribution in [0.4, 0.5) is 5.69 Å². The summed E-state index contributed by atoms with van der Waals surface area (Å²) in [5.74, 6) is 2.63. The van der Waals surface area contributed by atoms with Gasteiger partial charge in [-0.3, -0.25) is 4.79 Å². The van der Waals surface area contributed by atoms with Crippen LogP contribution in [-0.4, -0.2) is 17.4 Å². The fraction of sp³-hybridized carbons (Fsp3) is 0.500. The van der Waals surface area contributed by atoms with E-state index in [1.165, 1.54) is 5.56 Å². The molecule has 0 aromatic heterocycles. The van der Waals surface area contributed by atoms with Crippen molar-refractivity contribution in [1.29, 1.82) is 0 Å². The Balaban J connectivity index is 2.04. The van der Waals surface area contributed by atoms with Crippen molar-refractivity contribution in [3.63, 3.8) is 0 Å². The van der Waals surface area contributed by atoms with Crippen LogP contribution in [0, 0.1) is 19.8 Å². The molecule has 1 saturated heterocycles. The molecule has 0 aliphatic carbocycles. The van der Waals surface area contributed by atoms with Crippen molar-refractivity contribution in [2.75, 3.05) is 16.8 Å². The van der Waals surface area contributed by atoms with Gasteiger partial charge in [0, 0.05) is 11.6 Å². The monoisotopic (exact) mass is 249 g/mol. The number of carbonyl (C=O) groups is 1. The molecule has 0 radical (unpaired) electrons. The number of hydrogen-bond acceptors (Lipinski definition) is 2. The molecule has 1 N–H and O–H groups in total. The highest BCUT2D eigenvalue weighted by Crippen LogP contribution is 2.25. The zero-order chi connectivity index (χ0) is 12.3. The molecule has 92 valence electrons. The van der Waals surface area contributed by atoms with E-state index in [0.717, 1.165) is 35.6 Å². The van der Waals surface area contributed by atoms with E-state index in [1.54, 1.807) is 0 Å². The summed E-state index contributed by atoms with van der Waals surface area (Å²) in [5.41, 5.74) is 3.28. The quantitative estimate of drug-likeness (QED) is 0.870. The standard InChI is InChI=1S/C14H19NOS/c1-10-3-4-11(2)13(9-10)15-14(16)12-5-7-17-8-6-12/h3-4,9,12H,5-8H2,1-2H3,(H,15,16). The van der Waals surface area contributed by atoms with E-state index in [2.05, 4.69) is 17.4 Å². The number of thioether (sulfide) groups is 1.